The molecular formula is C23H16F3NO4. The molecule has 0 aromatic heterocycles. The van der Waals surface area contributed by atoms with Gasteiger partial charge >= 0.3 is 6.18 Å². The highest BCUT2D eigenvalue weighted by molar-refractivity contribution is 6.06. The van der Waals surface area contributed by atoms with Gasteiger partial charge in [-0.15, -0.1) is 0 Å². The largest absolute Gasteiger partial charge is 0.454 e. The van der Waals surface area contributed by atoms with Gasteiger partial charge in [-0.05, 0) is 47.0 Å². The van der Waals surface area contributed by atoms with Gasteiger partial charge in [-0.3, -0.25) is 4.79 Å². The van der Waals surface area contributed by atoms with Crippen LogP contribution in [0.25, 0.3) is 11.1 Å². The van der Waals surface area contributed by atoms with Crippen molar-refractivity contribution < 1.29 is 32.5 Å². The van der Waals surface area contributed by atoms with Gasteiger partial charge in [0.15, 0.2) is 17.6 Å². The summed E-state index contributed by atoms with van der Waals surface area (Å²) in [4.78, 5) is 14.2. The number of halogens is 3. The van der Waals surface area contributed by atoms with Crippen LogP contribution in [0.3, 0.4) is 0 Å². The Morgan fingerprint density at radius 2 is 1.74 bits per heavy atom. The molecule has 2 aliphatic rings. The average molecular weight is 427 g/mol. The lowest BCUT2D eigenvalue weighted by molar-refractivity contribution is -0.137. The van der Waals surface area contributed by atoms with Crippen molar-refractivity contribution in [2.75, 3.05) is 11.7 Å². The maximum atomic E-state index is 12.8. The molecule has 1 N–H and O–H groups in total. The number of amides is 1. The molecule has 5 nitrogen and oxygen atoms in total. The van der Waals surface area contributed by atoms with Crippen LogP contribution in [0.1, 0.15) is 22.8 Å². The Morgan fingerprint density at radius 1 is 1.00 bits per heavy atom. The molecule has 0 saturated heterocycles. The first-order valence-corrected chi connectivity index (χ1v) is 9.51. The first kappa shape index (κ1) is 19.4. The van der Waals surface area contributed by atoms with Gasteiger partial charge in [-0.2, -0.15) is 13.2 Å². The smallest absolute Gasteiger partial charge is 0.416 e. The number of aliphatic hydroxyl groups excluding tert-OH is 1. The molecule has 3 aromatic rings. The van der Waals surface area contributed by atoms with Crippen LogP contribution in [0.5, 0.6) is 11.5 Å². The van der Waals surface area contributed by atoms with Crippen LogP contribution in [0, 0.1) is 0 Å². The highest BCUT2D eigenvalue weighted by atomic mass is 19.4. The Hall–Kier alpha value is -3.52. The van der Waals surface area contributed by atoms with E-state index in [1.807, 2.05) is 6.07 Å². The molecule has 0 bridgehead atoms. The molecule has 1 amide bonds. The first-order valence-electron chi connectivity index (χ1n) is 9.51. The fourth-order valence-electron chi connectivity index (χ4n) is 3.93. The minimum atomic E-state index is -4.43. The van der Waals surface area contributed by atoms with E-state index in [0.29, 0.717) is 33.9 Å². The van der Waals surface area contributed by atoms with E-state index in [1.54, 1.807) is 30.3 Å². The molecule has 0 saturated carbocycles. The lowest BCUT2D eigenvalue weighted by atomic mass is 9.96. The quantitative estimate of drug-likeness (QED) is 0.660. The zero-order valence-corrected chi connectivity index (χ0v) is 16.0. The number of rotatable bonds is 3. The van der Waals surface area contributed by atoms with Crippen molar-refractivity contribution in [2.24, 2.45) is 0 Å². The number of hydrogen-bond acceptors (Lipinski definition) is 4. The summed E-state index contributed by atoms with van der Waals surface area (Å²) in [6.07, 6.45) is -5.80. The Labute approximate surface area is 175 Å². The molecule has 2 aliphatic heterocycles. The number of aliphatic hydroxyl groups is 1. The van der Waals surface area contributed by atoms with Crippen molar-refractivity contribution in [3.05, 3.63) is 77.4 Å². The van der Waals surface area contributed by atoms with E-state index in [2.05, 4.69) is 0 Å². The predicted octanol–water partition coefficient (Wildman–Crippen LogP) is 4.68. The highest BCUT2D eigenvalue weighted by Gasteiger charge is 2.38. The summed E-state index contributed by atoms with van der Waals surface area (Å²) in [6.45, 7) is 0.180. The fourth-order valence-corrected chi connectivity index (χ4v) is 3.93. The molecule has 3 aromatic carbocycles. The van der Waals surface area contributed by atoms with Crippen LogP contribution in [-0.2, 0) is 17.5 Å². The molecule has 5 rings (SSSR count). The molecule has 0 radical (unpaired) electrons. The molecule has 1 unspecified atom stereocenters. The van der Waals surface area contributed by atoms with E-state index in [9.17, 15) is 23.1 Å². The van der Waals surface area contributed by atoms with Crippen LogP contribution in [0.15, 0.2) is 60.7 Å². The van der Waals surface area contributed by atoms with E-state index in [-0.39, 0.29) is 13.3 Å². The van der Waals surface area contributed by atoms with E-state index in [4.69, 9.17) is 9.47 Å². The molecular weight excluding hydrogens is 411 g/mol. The van der Waals surface area contributed by atoms with Gasteiger partial charge in [0.05, 0.1) is 17.8 Å². The van der Waals surface area contributed by atoms with Gasteiger partial charge < -0.3 is 19.5 Å². The van der Waals surface area contributed by atoms with Gasteiger partial charge in [0.25, 0.3) is 5.91 Å². The monoisotopic (exact) mass is 427 g/mol. The Balaban J connectivity index is 1.50. The first-order chi connectivity index (χ1) is 14.8. The Morgan fingerprint density at radius 3 is 2.48 bits per heavy atom. The molecule has 1 atom stereocenters. The predicted molar refractivity (Wildman–Crippen MR) is 106 cm³/mol. The summed E-state index contributed by atoms with van der Waals surface area (Å²) in [5.74, 6) is 0.676. The summed E-state index contributed by atoms with van der Waals surface area (Å²) < 4.78 is 49.2. The number of fused-ring (bicyclic) bond motifs is 2. The zero-order chi connectivity index (χ0) is 21.8. The SMILES string of the molecule is O=C1C(O)c2c(-c3ccc4c(c3)OCO4)cccc2N1Cc1ccc(C(F)(F)F)cc1. The molecule has 158 valence electrons. The lowest BCUT2D eigenvalue weighted by Crippen LogP contribution is -2.28. The third-order valence-corrected chi connectivity index (χ3v) is 5.45. The number of alkyl halides is 3. The van der Waals surface area contributed by atoms with Crippen molar-refractivity contribution in [1.82, 2.24) is 0 Å². The van der Waals surface area contributed by atoms with Crippen LogP contribution in [0.2, 0.25) is 0 Å². The summed E-state index contributed by atoms with van der Waals surface area (Å²) >= 11 is 0. The number of hydrogen-bond donors (Lipinski definition) is 1. The molecule has 0 aliphatic carbocycles. The second-order valence-electron chi connectivity index (χ2n) is 7.33. The van der Waals surface area contributed by atoms with Crippen molar-refractivity contribution in [2.45, 2.75) is 18.8 Å². The normalized spacial score (nSPS) is 17.2. The van der Waals surface area contributed by atoms with E-state index in [0.717, 1.165) is 17.7 Å². The van der Waals surface area contributed by atoms with Gasteiger partial charge in [0.2, 0.25) is 6.79 Å². The summed E-state index contributed by atoms with van der Waals surface area (Å²) in [6, 6.07) is 15.3. The summed E-state index contributed by atoms with van der Waals surface area (Å²) in [7, 11) is 0. The minimum Gasteiger partial charge on any atom is -0.454 e. The molecule has 8 heteroatoms. The maximum Gasteiger partial charge on any atom is 0.416 e. The number of nitrogens with zero attached hydrogens (tertiary/aromatic N) is 1. The topological polar surface area (TPSA) is 59.0 Å². The van der Waals surface area contributed by atoms with Crippen molar-refractivity contribution in [1.29, 1.82) is 0 Å². The fraction of sp³-hybridized carbons (Fsp3) is 0.174. The minimum absolute atomic E-state index is 0.0472. The average Bonchev–Trinajstić information content (AvgIpc) is 3.32. The van der Waals surface area contributed by atoms with Gasteiger partial charge in [-0.25, -0.2) is 0 Å². The third kappa shape index (κ3) is 3.29. The van der Waals surface area contributed by atoms with Crippen LogP contribution < -0.4 is 14.4 Å². The number of anilines is 1. The van der Waals surface area contributed by atoms with Crippen LogP contribution in [0.4, 0.5) is 18.9 Å². The van der Waals surface area contributed by atoms with Crippen molar-refractivity contribution in [3.8, 4) is 22.6 Å². The molecule has 31 heavy (non-hydrogen) atoms. The molecule has 0 spiro atoms. The summed E-state index contributed by atoms with van der Waals surface area (Å²) in [5, 5.41) is 10.7. The van der Waals surface area contributed by atoms with Gasteiger partial charge in [0, 0.05) is 5.56 Å². The standard InChI is InChI=1S/C23H16F3NO4/c24-23(25,26)15-7-4-13(5-8-15)11-27-17-3-1-2-16(20(17)21(28)22(27)29)14-6-9-18-19(10-14)31-12-30-18/h1-10,21,28H,11-12H2. The number of carbonyl (C=O) groups is 1. The molecule has 2 heterocycles. The number of carbonyl (C=O) groups excluding carboxylic acids is 1. The molecule has 0 fully saturated rings. The summed E-state index contributed by atoms with van der Waals surface area (Å²) in [5.41, 5.74) is 2.17. The Kier molecular flexibility index (Phi) is 4.40. The van der Waals surface area contributed by atoms with Crippen LogP contribution in [-0.4, -0.2) is 17.8 Å². The van der Waals surface area contributed by atoms with Gasteiger partial charge in [0.1, 0.15) is 0 Å². The second-order valence-corrected chi connectivity index (χ2v) is 7.33. The third-order valence-electron chi connectivity index (χ3n) is 5.45. The van der Waals surface area contributed by atoms with Crippen molar-refractivity contribution >= 4 is 11.6 Å². The highest BCUT2D eigenvalue weighted by Crippen LogP contribution is 2.45. The van der Waals surface area contributed by atoms with Gasteiger partial charge in [-0.1, -0.05) is 30.3 Å². The van der Waals surface area contributed by atoms with E-state index < -0.39 is 23.8 Å². The van der Waals surface area contributed by atoms with E-state index >= 15 is 0 Å². The second kappa shape index (κ2) is 7.02. The zero-order valence-electron chi connectivity index (χ0n) is 16.0. The maximum absolute atomic E-state index is 12.8. The Bertz CT molecular complexity index is 1170. The van der Waals surface area contributed by atoms with Crippen LogP contribution >= 0.6 is 0 Å². The van der Waals surface area contributed by atoms with E-state index in [1.165, 1.54) is 17.0 Å². The lowest BCUT2D eigenvalue weighted by Gasteiger charge is -2.18. The number of benzene rings is 3. The number of ether oxygens (including phenoxy) is 2. The van der Waals surface area contributed by atoms with Crippen molar-refractivity contribution in [3.63, 3.8) is 0 Å².